The van der Waals surface area contributed by atoms with Crippen molar-refractivity contribution >= 4 is 26.0 Å². The van der Waals surface area contributed by atoms with Crippen LogP contribution in [0.25, 0.3) is 0 Å². The largest absolute Gasteiger partial charge is 0.496 e. The summed E-state index contributed by atoms with van der Waals surface area (Å²) in [6.45, 7) is 2.31. The maximum Gasteiger partial charge on any atom is 0.240 e. The highest BCUT2D eigenvalue weighted by atomic mass is 79.9. The fourth-order valence-corrected chi connectivity index (χ4v) is 3.42. The van der Waals surface area contributed by atoms with Gasteiger partial charge in [0.2, 0.25) is 10.0 Å². The normalized spacial score (nSPS) is 11.4. The molecule has 0 aliphatic carbocycles. The zero-order valence-electron chi connectivity index (χ0n) is 12.5. The lowest BCUT2D eigenvalue weighted by Crippen LogP contribution is -2.26. The van der Waals surface area contributed by atoms with Gasteiger partial charge in [0.05, 0.1) is 12.0 Å². The van der Waals surface area contributed by atoms with Gasteiger partial charge in [-0.05, 0) is 49.2 Å². The maximum absolute atomic E-state index is 12.2. The van der Waals surface area contributed by atoms with Crippen molar-refractivity contribution in [2.45, 2.75) is 18.2 Å². The average molecular weight is 384 g/mol. The van der Waals surface area contributed by atoms with Crippen molar-refractivity contribution in [3.8, 4) is 5.75 Å². The Morgan fingerprint density at radius 2 is 1.82 bits per heavy atom. The highest BCUT2D eigenvalue weighted by Crippen LogP contribution is 2.20. The minimum atomic E-state index is -3.49. The third kappa shape index (κ3) is 4.32. The number of hydrogen-bond donors (Lipinski definition) is 1. The van der Waals surface area contributed by atoms with E-state index in [1.165, 1.54) is 0 Å². The van der Waals surface area contributed by atoms with Crippen LogP contribution in [0.4, 0.5) is 0 Å². The number of methoxy groups -OCH3 is 1. The molecule has 0 aromatic heterocycles. The minimum absolute atomic E-state index is 0.256. The van der Waals surface area contributed by atoms with Crippen molar-refractivity contribution in [3.05, 3.63) is 58.1 Å². The van der Waals surface area contributed by atoms with Gasteiger partial charge in [-0.3, -0.25) is 0 Å². The standard InChI is InChI=1S/C16H18BrNO3S/c1-12-3-8-16(21-2)13(11-12)9-10-18-22(19,20)15-6-4-14(17)5-7-15/h3-8,11,18H,9-10H2,1-2H3. The first-order valence-electron chi connectivity index (χ1n) is 6.81. The molecule has 22 heavy (non-hydrogen) atoms. The van der Waals surface area contributed by atoms with Gasteiger partial charge in [0.25, 0.3) is 0 Å². The summed E-state index contributed by atoms with van der Waals surface area (Å²) in [5, 5.41) is 0. The molecule has 2 aromatic rings. The van der Waals surface area contributed by atoms with Gasteiger partial charge in [-0.2, -0.15) is 0 Å². The highest BCUT2D eigenvalue weighted by Gasteiger charge is 2.13. The molecule has 6 heteroatoms. The Bertz CT molecular complexity index is 742. The van der Waals surface area contributed by atoms with Crippen molar-refractivity contribution in [3.63, 3.8) is 0 Å². The van der Waals surface area contributed by atoms with Crippen LogP contribution in [0.2, 0.25) is 0 Å². The molecule has 4 nitrogen and oxygen atoms in total. The SMILES string of the molecule is COc1ccc(C)cc1CCNS(=O)(=O)c1ccc(Br)cc1. The Labute approximate surface area is 139 Å². The van der Waals surface area contributed by atoms with Gasteiger partial charge in [-0.1, -0.05) is 33.6 Å². The van der Waals surface area contributed by atoms with Gasteiger partial charge in [0.1, 0.15) is 5.75 Å². The molecule has 0 heterocycles. The van der Waals surface area contributed by atoms with E-state index in [1.54, 1.807) is 31.4 Å². The second kappa shape index (κ2) is 7.26. The molecule has 118 valence electrons. The number of aryl methyl sites for hydroxylation is 1. The molecule has 0 spiro atoms. The second-order valence-corrected chi connectivity index (χ2v) is 7.60. The molecule has 0 amide bonds. The number of rotatable bonds is 6. The molecule has 0 saturated carbocycles. The molecule has 0 aliphatic heterocycles. The summed E-state index contributed by atoms with van der Waals surface area (Å²) < 4.78 is 33.2. The molecule has 0 fully saturated rings. The first-order valence-corrected chi connectivity index (χ1v) is 9.09. The zero-order chi connectivity index (χ0) is 16.2. The first-order chi connectivity index (χ1) is 10.4. The lowest BCUT2D eigenvalue weighted by Gasteiger charge is -2.11. The summed E-state index contributed by atoms with van der Waals surface area (Å²) in [5.74, 6) is 0.772. The Kier molecular flexibility index (Phi) is 5.61. The molecule has 1 N–H and O–H groups in total. The first kappa shape index (κ1) is 17.0. The van der Waals surface area contributed by atoms with E-state index < -0.39 is 10.0 Å². The average Bonchev–Trinajstić information content (AvgIpc) is 2.48. The van der Waals surface area contributed by atoms with E-state index in [4.69, 9.17) is 4.74 Å². The quantitative estimate of drug-likeness (QED) is 0.832. The van der Waals surface area contributed by atoms with E-state index in [-0.39, 0.29) is 4.90 Å². The van der Waals surface area contributed by atoms with Crippen LogP contribution in [0.5, 0.6) is 5.75 Å². The predicted octanol–water partition coefficient (Wildman–Crippen LogP) is 3.29. The number of hydrogen-bond acceptors (Lipinski definition) is 3. The highest BCUT2D eigenvalue weighted by molar-refractivity contribution is 9.10. The molecule has 2 rings (SSSR count). The molecule has 0 atom stereocenters. The summed E-state index contributed by atoms with van der Waals surface area (Å²) in [7, 11) is -1.88. The smallest absolute Gasteiger partial charge is 0.240 e. The van der Waals surface area contributed by atoms with Crippen LogP contribution in [-0.4, -0.2) is 22.1 Å². The predicted molar refractivity (Wildman–Crippen MR) is 90.8 cm³/mol. The Hall–Kier alpha value is -1.37. The molecule has 0 bridgehead atoms. The molecule has 2 aromatic carbocycles. The fourth-order valence-electron chi connectivity index (χ4n) is 2.12. The molecule has 0 saturated heterocycles. The second-order valence-electron chi connectivity index (χ2n) is 4.92. The zero-order valence-corrected chi connectivity index (χ0v) is 14.9. The summed E-state index contributed by atoms with van der Waals surface area (Å²) >= 11 is 3.29. The topological polar surface area (TPSA) is 55.4 Å². The maximum atomic E-state index is 12.2. The molecule has 0 aliphatic rings. The van der Waals surface area contributed by atoms with E-state index in [9.17, 15) is 8.42 Å². The summed E-state index contributed by atoms with van der Waals surface area (Å²) in [6.07, 6.45) is 0.570. The van der Waals surface area contributed by atoms with Crippen LogP contribution < -0.4 is 9.46 Å². The lowest BCUT2D eigenvalue weighted by molar-refractivity contribution is 0.409. The van der Waals surface area contributed by atoms with Crippen LogP contribution in [0, 0.1) is 6.92 Å². The molecular weight excluding hydrogens is 366 g/mol. The van der Waals surface area contributed by atoms with Crippen molar-refractivity contribution in [1.29, 1.82) is 0 Å². The van der Waals surface area contributed by atoms with Gasteiger partial charge in [-0.15, -0.1) is 0 Å². The fraction of sp³-hybridized carbons (Fsp3) is 0.250. The van der Waals surface area contributed by atoms with Crippen LogP contribution >= 0.6 is 15.9 Å². The molecular formula is C16H18BrNO3S. The molecule has 0 unspecified atom stereocenters. The van der Waals surface area contributed by atoms with E-state index in [0.29, 0.717) is 13.0 Å². The van der Waals surface area contributed by atoms with E-state index in [1.807, 2.05) is 25.1 Å². The van der Waals surface area contributed by atoms with Gasteiger partial charge >= 0.3 is 0 Å². The Balaban J connectivity index is 2.04. The molecule has 0 radical (unpaired) electrons. The van der Waals surface area contributed by atoms with Crippen molar-refractivity contribution in [2.75, 3.05) is 13.7 Å². The number of benzene rings is 2. The summed E-state index contributed by atoms with van der Waals surface area (Å²) in [4.78, 5) is 0.256. The van der Waals surface area contributed by atoms with Crippen molar-refractivity contribution in [2.24, 2.45) is 0 Å². The van der Waals surface area contributed by atoms with Crippen LogP contribution in [0.1, 0.15) is 11.1 Å². The van der Waals surface area contributed by atoms with Gasteiger partial charge in [0, 0.05) is 11.0 Å². The van der Waals surface area contributed by atoms with Crippen LogP contribution in [0.3, 0.4) is 0 Å². The summed E-state index contributed by atoms with van der Waals surface area (Å²) in [6, 6.07) is 12.4. The van der Waals surface area contributed by atoms with Crippen molar-refractivity contribution < 1.29 is 13.2 Å². The Morgan fingerprint density at radius 3 is 2.45 bits per heavy atom. The number of halogens is 1. The number of sulfonamides is 1. The van der Waals surface area contributed by atoms with Gasteiger partial charge < -0.3 is 4.74 Å². The van der Waals surface area contributed by atoms with E-state index in [2.05, 4.69) is 20.7 Å². The monoisotopic (exact) mass is 383 g/mol. The minimum Gasteiger partial charge on any atom is -0.496 e. The van der Waals surface area contributed by atoms with E-state index >= 15 is 0 Å². The van der Waals surface area contributed by atoms with Crippen LogP contribution in [0.15, 0.2) is 51.8 Å². The van der Waals surface area contributed by atoms with Gasteiger partial charge in [-0.25, -0.2) is 13.1 Å². The summed E-state index contributed by atoms with van der Waals surface area (Å²) in [5.41, 5.74) is 2.10. The van der Waals surface area contributed by atoms with Crippen molar-refractivity contribution in [1.82, 2.24) is 4.72 Å². The number of nitrogens with one attached hydrogen (secondary N) is 1. The Morgan fingerprint density at radius 1 is 1.14 bits per heavy atom. The van der Waals surface area contributed by atoms with Crippen LogP contribution in [-0.2, 0) is 16.4 Å². The lowest BCUT2D eigenvalue weighted by atomic mass is 10.1. The van der Waals surface area contributed by atoms with E-state index in [0.717, 1.165) is 21.3 Å². The third-order valence-corrected chi connectivity index (χ3v) is 5.25. The number of ether oxygens (including phenoxy) is 1. The third-order valence-electron chi connectivity index (χ3n) is 3.25. The van der Waals surface area contributed by atoms with Gasteiger partial charge in [0.15, 0.2) is 0 Å².